The van der Waals surface area contributed by atoms with Crippen LogP contribution in [0.2, 0.25) is 0 Å². The molecule has 4 N–H and O–H groups in total. The van der Waals surface area contributed by atoms with Gasteiger partial charge < -0.3 is 15.8 Å². The number of primary amides is 1. The second-order valence-corrected chi connectivity index (χ2v) is 5.34. The van der Waals surface area contributed by atoms with Gasteiger partial charge in [-0.15, -0.1) is 11.3 Å². The van der Waals surface area contributed by atoms with E-state index in [-0.39, 0.29) is 5.56 Å². The van der Waals surface area contributed by atoms with Crippen LogP contribution < -0.4 is 16.4 Å². The Labute approximate surface area is 135 Å². The van der Waals surface area contributed by atoms with Gasteiger partial charge in [-0.05, 0) is 31.2 Å². The number of anilines is 2. The molecule has 8 nitrogen and oxygen atoms in total. The van der Waals surface area contributed by atoms with Gasteiger partial charge >= 0.3 is 12.0 Å². The number of carbonyl (C=O) groups excluding carboxylic acids is 3. The molecule has 0 spiro atoms. The van der Waals surface area contributed by atoms with E-state index in [1.165, 1.54) is 35.6 Å². The van der Waals surface area contributed by atoms with Crippen LogP contribution >= 0.6 is 11.3 Å². The number of amides is 3. The summed E-state index contributed by atoms with van der Waals surface area (Å²) in [6.45, 7) is 1.39. The van der Waals surface area contributed by atoms with Gasteiger partial charge in [0.05, 0.1) is 11.3 Å². The number of benzene rings is 1. The molecule has 1 aromatic carbocycles. The molecule has 0 bridgehead atoms. The molecule has 0 radical (unpaired) electrons. The number of thiazole rings is 1. The van der Waals surface area contributed by atoms with Gasteiger partial charge in [-0.3, -0.25) is 10.1 Å². The fourth-order valence-electron chi connectivity index (χ4n) is 1.61. The summed E-state index contributed by atoms with van der Waals surface area (Å²) in [6, 6.07) is 5.21. The van der Waals surface area contributed by atoms with Gasteiger partial charge in [-0.25, -0.2) is 14.6 Å². The number of esters is 1. The molecule has 0 aliphatic rings. The van der Waals surface area contributed by atoms with Crippen molar-refractivity contribution in [1.82, 2.24) is 4.98 Å². The second kappa shape index (κ2) is 7.36. The summed E-state index contributed by atoms with van der Waals surface area (Å²) in [5.74, 6) is -1.12. The van der Waals surface area contributed by atoms with Crippen molar-refractivity contribution in [2.45, 2.75) is 6.92 Å². The van der Waals surface area contributed by atoms with E-state index in [1.807, 2.05) is 6.92 Å². The minimum absolute atomic E-state index is 0.248. The number of aryl methyl sites for hydroxylation is 1. The first-order valence-electron chi connectivity index (χ1n) is 6.49. The van der Waals surface area contributed by atoms with Gasteiger partial charge in [0.25, 0.3) is 5.91 Å². The maximum atomic E-state index is 11.8. The van der Waals surface area contributed by atoms with Gasteiger partial charge in [0.1, 0.15) is 0 Å². The summed E-state index contributed by atoms with van der Waals surface area (Å²) in [4.78, 5) is 38.2. The predicted octanol–water partition coefficient (Wildman–Crippen LogP) is 1.74. The van der Waals surface area contributed by atoms with Crippen molar-refractivity contribution in [3.8, 4) is 0 Å². The van der Waals surface area contributed by atoms with Gasteiger partial charge in [0, 0.05) is 11.1 Å². The molecule has 0 fully saturated rings. The Morgan fingerprint density at radius 3 is 2.48 bits per heavy atom. The van der Waals surface area contributed by atoms with E-state index in [2.05, 4.69) is 15.6 Å². The van der Waals surface area contributed by atoms with Gasteiger partial charge in [-0.1, -0.05) is 0 Å². The second-order valence-electron chi connectivity index (χ2n) is 4.48. The van der Waals surface area contributed by atoms with Crippen LogP contribution in [-0.4, -0.2) is 29.5 Å². The SMILES string of the molecule is Cc1csc(NC(=O)COC(=O)c2ccc(NC(N)=O)cc2)n1. The lowest BCUT2D eigenvalue weighted by molar-refractivity contribution is -0.119. The molecule has 0 aliphatic carbocycles. The molecule has 120 valence electrons. The number of ether oxygens (including phenoxy) is 1. The van der Waals surface area contributed by atoms with Gasteiger partial charge in [0.15, 0.2) is 11.7 Å². The van der Waals surface area contributed by atoms with Crippen LogP contribution in [0.15, 0.2) is 29.6 Å². The third-order valence-electron chi connectivity index (χ3n) is 2.59. The average Bonchev–Trinajstić information content (AvgIpc) is 2.90. The van der Waals surface area contributed by atoms with Crippen LogP contribution in [0.1, 0.15) is 16.1 Å². The standard InChI is InChI=1S/C14H14N4O4S/c1-8-7-23-14(16-8)18-11(19)6-22-12(20)9-2-4-10(5-3-9)17-13(15)21/h2-5,7H,6H2,1H3,(H3,15,17,21)(H,16,18,19). The monoisotopic (exact) mass is 334 g/mol. The Morgan fingerprint density at radius 1 is 1.22 bits per heavy atom. The molecule has 0 unspecified atom stereocenters. The maximum absolute atomic E-state index is 11.8. The molecule has 0 saturated heterocycles. The fourth-order valence-corrected chi connectivity index (χ4v) is 2.32. The summed E-state index contributed by atoms with van der Waals surface area (Å²) < 4.78 is 4.90. The molecule has 2 rings (SSSR count). The van der Waals surface area contributed by atoms with E-state index in [1.54, 1.807) is 5.38 Å². The van der Waals surface area contributed by atoms with Crippen molar-refractivity contribution < 1.29 is 19.1 Å². The predicted molar refractivity (Wildman–Crippen MR) is 85.4 cm³/mol. The molecule has 1 heterocycles. The number of hydrogen-bond donors (Lipinski definition) is 3. The van der Waals surface area contributed by atoms with Crippen molar-refractivity contribution in [3.05, 3.63) is 40.9 Å². The van der Waals surface area contributed by atoms with E-state index in [4.69, 9.17) is 10.5 Å². The van der Waals surface area contributed by atoms with Crippen LogP contribution in [0, 0.1) is 6.92 Å². The number of urea groups is 1. The van der Waals surface area contributed by atoms with Crippen molar-refractivity contribution in [2.24, 2.45) is 5.73 Å². The Kier molecular flexibility index (Phi) is 5.26. The molecule has 1 aromatic heterocycles. The smallest absolute Gasteiger partial charge is 0.338 e. The molecule has 2 aromatic rings. The molecule has 0 saturated carbocycles. The van der Waals surface area contributed by atoms with E-state index in [9.17, 15) is 14.4 Å². The molecule has 0 aliphatic heterocycles. The Bertz CT molecular complexity index is 727. The third-order valence-corrected chi connectivity index (χ3v) is 3.46. The van der Waals surface area contributed by atoms with E-state index >= 15 is 0 Å². The van der Waals surface area contributed by atoms with E-state index in [0.717, 1.165) is 5.69 Å². The molecular formula is C14H14N4O4S. The first-order chi connectivity index (χ1) is 10.9. The highest BCUT2D eigenvalue weighted by Gasteiger charge is 2.11. The summed E-state index contributed by atoms with van der Waals surface area (Å²) in [6.07, 6.45) is 0. The largest absolute Gasteiger partial charge is 0.452 e. The highest BCUT2D eigenvalue weighted by atomic mass is 32.1. The van der Waals surface area contributed by atoms with E-state index in [0.29, 0.717) is 10.8 Å². The first-order valence-corrected chi connectivity index (χ1v) is 7.37. The number of nitrogens with two attached hydrogens (primary N) is 1. The maximum Gasteiger partial charge on any atom is 0.338 e. The van der Waals surface area contributed by atoms with E-state index < -0.39 is 24.5 Å². The van der Waals surface area contributed by atoms with Crippen LogP contribution in [-0.2, 0) is 9.53 Å². The molecule has 23 heavy (non-hydrogen) atoms. The Balaban J connectivity index is 1.84. The Hall–Kier alpha value is -2.94. The summed E-state index contributed by atoms with van der Waals surface area (Å²) >= 11 is 1.29. The number of aromatic nitrogens is 1. The molecule has 0 atom stereocenters. The lowest BCUT2D eigenvalue weighted by Gasteiger charge is -2.06. The molecule has 9 heteroatoms. The highest BCUT2D eigenvalue weighted by molar-refractivity contribution is 7.13. The number of nitrogens with one attached hydrogen (secondary N) is 2. The van der Waals surface area contributed by atoms with Gasteiger partial charge in [0.2, 0.25) is 0 Å². The fraction of sp³-hybridized carbons (Fsp3) is 0.143. The van der Waals surface area contributed by atoms with Crippen molar-refractivity contribution in [2.75, 3.05) is 17.2 Å². The number of carbonyl (C=O) groups is 3. The number of nitrogens with zero attached hydrogens (tertiary/aromatic N) is 1. The first kappa shape index (κ1) is 16.4. The lowest BCUT2D eigenvalue weighted by atomic mass is 10.2. The number of hydrogen-bond acceptors (Lipinski definition) is 6. The van der Waals surface area contributed by atoms with Crippen LogP contribution in [0.5, 0.6) is 0 Å². The third kappa shape index (κ3) is 5.08. The van der Waals surface area contributed by atoms with Crippen LogP contribution in [0.4, 0.5) is 15.6 Å². The quantitative estimate of drug-likeness (QED) is 0.719. The van der Waals surface area contributed by atoms with Crippen molar-refractivity contribution in [1.29, 1.82) is 0 Å². The van der Waals surface area contributed by atoms with Crippen LogP contribution in [0.3, 0.4) is 0 Å². The summed E-state index contributed by atoms with van der Waals surface area (Å²) in [5.41, 5.74) is 6.47. The topological polar surface area (TPSA) is 123 Å². The Morgan fingerprint density at radius 2 is 1.91 bits per heavy atom. The van der Waals surface area contributed by atoms with Crippen molar-refractivity contribution >= 4 is 40.1 Å². The summed E-state index contributed by atoms with van der Waals surface area (Å²) in [5, 5.41) is 7.14. The normalized spacial score (nSPS) is 9.96. The highest BCUT2D eigenvalue weighted by Crippen LogP contribution is 2.14. The molecular weight excluding hydrogens is 320 g/mol. The summed E-state index contributed by atoms with van der Waals surface area (Å²) in [7, 11) is 0. The minimum Gasteiger partial charge on any atom is -0.452 e. The molecule has 3 amide bonds. The minimum atomic E-state index is -0.700. The zero-order valence-corrected chi connectivity index (χ0v) is 13.0. The number of rotatable bonds is 5. The van der Waals surface area contributed by atoms with Crippen LogP contribution in [0.25, 0.3) is 0 Å². The van der Waals surface area contributed by atoms with Gasteiger partial charge in [-0.2, -0.15) is 0 Å². The zero-order valence-electron chi connectivity index (χ0n) is 12.2. The van der Waals surface area contributed by atoms with Crippen molar-refractivity contribution in [3.63, 3.8) is 0 Å². The average molecular weight is 334 g/mol. The lowest BCUT2D eigenvalue weighted by Crippen LogP contribution is -2.21. The zero-order chi connectivity index (χ0) is 16.8.